The summed E-state index contributed by atoms with van der Waals surface area (Å²) in [4.78, 5) is 14.8. The summed E-state index contributed by atoms with van der Waals surface area (Å²) in [6, 6.07) is 0. The van der Waals surface area contributed by atoms with Gasteiger partial charge in [0.1, 0.15) is 0 Å². The van der Waals surface area contributed by atoms with Gasteiger partial charge in [-0.2, -0.15) is 0 Å². The van der Waals surface area contributed by atoms with Crippen LogP contribution in [0, 0.1) is 12.8 Å². The zero-order valence-corrected chi connectivity index (χ0v) is 14.6. The predicted molar refractivity (Wildman–Crippen MR) is 91.6 cm³/mol. The van der Waals surface area contributed by atoms with Gasteiger partial charge in [0.15, 0.2) is 5.78 Å². The van der Waals surface area contributed by atoms with E-state index in [0.29, 0.717) is 0 Å². The van der Waals surface area contributed by atoms with Crippen molar-refractivity contribution >= 4 is 17.1 Å². The molecule has 1 N–H and O–H groups in total. The van der Waals surface area contributed by atoms with Crippen LogP contribution in [0.1, 0.15) is 71.6 Å². The van der Waals surface area contributed by atoms with Gasteiger partial charge < -0.3 is 5.32 Å². The van der Waals surface area contributed by atoms with E-state index in [0.717, 1.165) is 31.0 Å². The minimum Gasteiger partial charge on any atom is -0.317 e. The Balaban J connectivity index is 2.13. The lowest BCUT2D eigenvalue weighted by Gasteiger charge is -2.22. The molecule has 1 aromatic rings. The van der Waals surface area contributed by atoms with Crippen molar-refractivity contribution < 1.29 is 4.79 Å². The van der Waals surface area contributed by atoms with Crippen LogP contribution in [0.3, 0.4) is 0 Å². The van der Waals surface area contributed by atoms with Gasteiger partial charge in [0, 0.05) is 15.3 Å². The van der Waals surface area contributed by atoms with E-state index in [2.05, 4.69) is 19.2 Å². The van der Waals surface area contributed by atoms with Gasteiger partial charge in [0.25, 0.3) is 0 Å². The monoisotopic (exact) mass is 307 g/mol. The number of hydrogen-bond donors (Lipinski definition) is 1. The first-order valence-electron chi connectivity index (χ1n) is 8.46. The van der Waals surface area contributed by atoms with Gasteiger partial charge in [0.05, 0.1) is 0 Å². The standard InChI is InChI=1S/C18H29NOS/c1-4-5-6-7-16-18(14(3)20)13(2)17(21-16)12-15-8-10-19-11-9-15/h15,19H,4-12H2,1-3H3. The highest BCUT2D eigenvalue weighted by molar-refractivity contribution is 7.12. The van der Waals surface area contributed by atoms with Gasteiger partial charge >= 0.3 is 0 Å². The van der Waals surface area contributed by atoms with Gasteiger partial charge in [-0.1, -0.05) is 19.8 Å². The fraction of sp³-hybridized carbons (Fsp3) is 0.722. The van der Waals surface area contributed by atoms with E-state index in [1.54, 1.807) is 6.92 Å². The molecule has 2 heterocycles. The minimum absolute atomic E-state index is 0.256. The zero-order chi connectivity index (χ0) is 15.2. The molecule has 0 amide bonds. The number of hydrogen-bond acceptors (Lipinski definition) is 3. The number of nitrogens with one attached hydrogen (secondary N) is 1. The van der Waals surface area contributed by atoms with Crippen molar-refractivity contribution in [3.05, 3.63) is 20.9 Å². The molecule has 21 heavy (non-hydrogen) atoms. The third kappa shape index (κ3) is 4.40. The quantitative estimate of drug-likeness (QED) is 0.592. The maximum absolute atomic E-state index is 12.0. The number of rotatable bonds is 7. The second-order valence-corrected chi connectivity index (χ2v) is 7.55. The van der Waals surface area contributed by atoms with E-state index in [-0.39, 0.29) is 5.78 Å². The molecular formula is C18H29NOS. The van der Waals surface area contributed by atoms with E-state index >= 15 is 0 Å². The maximum atomic E-state index is 12.0. The lowest BCUT2D eigenvalue weighted by molar-refractivity contribution is 0.101. The third-order valence-electron chi connectivity index (χ3n) is 4.61. The van der Waals surface area contributed by atoms with Crippen molar-refractivity contribution in [1.82, 2.24) is 5.32 Å². The van der Waals surface area contributed by atoms with Crippen LogP contribution in [-0.4, -0.2) is 18.9 Å². The second kappa shape index (κ2) is 8.09. The van der Waals surface area contributed by atoms with E-state index in [4.69, 9.17) is 0 Å². The van der Waals surface area contributed by atoms with Crippen LogP contribution in [0.5, 0.6) is 0 Å². The number of ketones is 1. The molecule has 1 aliphatic rings. The molecule has 0 aromatic carbocycles. The van der Waals surface area contributed by atoms with Crippen LogP contribution < -0.4 is 5.32 Å². The number of Topliss-reactive ketones (excluding diaryl/α,β-unsaturated/α-hetero) is 1. The Morgan fingerprint density at radius 1 is 1.24 bits per heavy atom. The molecule has 0 unspecified atom stereocenters. The summed E-state index contributed by atoms with van der Waals surface area (Å²) in [5.41, 5.74) is 2.32. The first kappa shape index (κ1) is 16.7. The molecule has 2 nitrogen and oxygen atoms in total. The molecule has 0 spiro atoms. The van der Waals surface area contributed by atoms with Crippen LogP contribution in [0.2, 0.25) is 0 Å². The third-order valence-corrected chi connectivity index (χ3v) is 5.98. The Bertz CT molecular complexity index is 472. The summed E-state index contributed by atoms with van der Waals surface area (Å²) in [5.74, 6) is 1.05. The number of aryl methyl sites for hydroxylation is 1. The minimum atomic E-state index is 0.256. The fourth-order valence-corrected chi connectivity index (χ4v) is 4.86. The van der Waals surface area contributed by atoms with Crippen LogP contribution in [-0.2, 0) is 12.8 Å². The van der Waals surface area contributed by atoms with Crippen LogP contribution in [0.4, 0.5) is 0 Å². The molecule has 1 aromatic heterocycles. The molecule has 0 atom stereocenters. The fourth-order valence-electron chi connectivity index (χ4n) is 3.34. The van der Waals surface area contributed by atoms with Crippen LogP contribution >= 0.6 is 11.3 Å². The van der Waals surface area contributed by atoms with Crippen molar-refractivity contribution in [2.45, 2.75) is 65.7 Å². The number of unbranched alkanes of at least 4 members (excludes halogenated alkanes) is 2. The molecule has 0 bridgehead atoms. The summed E-state index contributed by atoms with van der Waals surface area (Å²) in [5, 5.41) is 3.43. The van der Waals surface area contributed by atoms with Crippen LogP contribution in [0.15, 0.2) is 0 Å². The lowest BCUT2D eigenvalue weighted by Crippen LogP contribution is -2.28. The number of piperidine rings is 1. The van der Waals surface area contributed by atoms with E-state index < -0.39 is 0 Å². The summed E-state index contributed by atoms with van der Waals surface area (Å²) in [7, 11) is 0. The van der Waals surface area contributed by atoms with Crippen molar-refractivity contribution in [3.63, 3.8) is 0 Å². The van der Waals surface area contributed by atoms with E-state index in [1.165, 1.54) is 53.8 Å². The Morgan fingerprint density at radius 3 is 2.57 bits per heavy atom. The van der Waals surface area contributed by atoms with Crippen molar-refractivity contribution in [1.29, 1.82) is 0 Å². The second-order valence-electron chi connectivity index (χ2n) is 6.36. The average Bonchev–Trinajstić information content (AvgIpc) is 2.77. The summed E-state index contributed by atoms with van der Waals surface area (Å²) < 4.78 is 0. The highest BCUT2D eigenvalue weighted by Gasteiger charge is 2.21. The Hall–Kier alpha value is -0.670. The van der Waals surface area contributed by atoms with Gasteiger partial charge in [-0.3, -0.25) is 4.79 Å². The molecule has 1 fully saturated rings. The Kier molecular flexibility index (Phi) is 6.43. The predicted octanol–water partition coefficient (Wildman–Crippen LogP) is 4.53. The highest BCUT2D eigenvalue weighted by Crippen LogP contribution is 2.33. The molecular weight excluding hydrogens is 278 g/mol. The average molecular weight is 308 g/mol. The van der Waals surface area contributed by atoms with Crippen molar-refractivity contribution in [2.75, 3.05) is 13.1 Å². The SMILES string of the molecule is CCCCCc1sc(CC2CCNCC2)c(C)c1C(C)=O. The number of carbonyl (C=O) groups is 1. The maximum Gasteiger partial charge on any atom is 0.161 e. The summed E-state index contributed by atoms with van der Waals surface area (Å²) in [6.07, 6.45) is 8.52. The van der Waals surface area contributed by atoms with Crippen molar-refractivity contribution in [2.24, 2.45) is 5.92 Å². The molecule has 2 rings (SSSR count). The Labute approximate surface area is 133 Å². The van der Waals surface area contributed by atoms with Gasteiger partial charge in [-0.15, -0.1) is 11.3 Å². The summed E-state index contributed by atoms with van der Waals surface area (Å²) in [6.45, 7) is 8.42. The largest absolute Gasteiger partial charge is 0.317 e. The highest BCUT2D eigenvalue weighted by atomic mass is 32.1. The topological polar surface area (TPSA) is 29.1 Å². The molecule has 0 radical (unpaired) electrons. The molecule has 0 aliphatic carbocycles. The smallest absolute Gasteiger partial charge is 0.161 e. The molecule has 3 heteroatoms. The van der Waals surface area contributed by atoms with Gasteiger partial charge in [0.2, 0.25) is 0 Å². The van der Waals surface area contributed by atoms with E-state index in [1.807, 2.05) is 11.3 Å². The van der Waals surface area contributed by atoms with Crippen LogP contribution in [0.25, 0.3) is 0 Å². The van der Waals surface area contributed by atoms with Crippen molar-refractivity contribution in [3.8, 4) is 0 Å². The number of thiophene rings is 1. The molecule has 1 aliphatic heterocycles. The van der Waals surface area contributed by atoms with E-state index in [9.17, 15) is 4.79 Å². The lowest BCUT2D eigenvalue weighted by atomic mass is 9.92. The first-order chi connectivity index (χ1) is 10.1. The Morgan fingerprint density at radius 2 is 1.95 bits per heavy atom. The summed E-state index contributed by atoms with van der Waals surface area (Å²) >= 11 is 1.92. The van der Waals surface area contributed by atoms with Gasteiger partial charge in [-0.05, 0) is 70.5 Å². The van der Waals surface area contributed by atoms with Gasteiger partial charge in [-0.25, -0.2) is 0 Å². The number of carbonyl (C=O) groups excluding carboxylic acids is 1. The molecule has 1 saturated heterocycles. The first-order valence-corrected chi connectivity index (χ1v) is 9.27. The molecule has 118 valence electrons. The zero-order valence-electron chi connectivity index (χ0n) is 13.8. The normalized spacial score (nSPS) is 16.3. The molecule has 0 saturated carbocycles.